The van der Waals surface area contributed by atoms with Crippen molar-refractivity contribution in [3.8, 4) is 0 Å². The lowest BCUT2D eigenvalue weighted by atomic mass is 9.92. The molecule has 1 aliphatic heterocycles. The molecule has 6 heteroatoms. The van der Waals surface area contributed by atoms with E-state index in [9.17, 15) is 4.79 Å². The number of rotatable bonds is 6. The molecule has 1 atom stereocenters. The van der Waals surface area contributed by atoms with E-state index in [0.717, 1.165) is 44.7 Å². The first-order valence-corrected chi connectivity index (χ1v) is 9.58. The molecule has 1 aromatic heterocycles. The van der Waals surface area contributed by atoms with Crippen LogP contribution in [0.1, 0.15) is 51.4 Å². The van der Waals surface area contributed by atoms with Crippen LogP contribution >= 0.6 is 11.6 Å². The van der Waals surface area contributed by atoms with Crippen LogP contribution in [-0.2, 0) is 4.79 Å². The molecule has 0 N–H and O–H groups in total. The highest BCUT2D eigenvalue weighted by Gasteiger charge is 2.24. The van der Waals surface area contributed by atoms with Gasteiger partial charge in [-0.25, -0.2) is 9.97 Å². The Morgan fingerprint density at radius 1 is 1.25 bits per heavy atom. The van der Waals surface area contributed by atoms with E-state index in [0.29, 0.717) is 17.2 Å². The van der Waals surface area contributed by atoms with E-state index in [2.05, 4.69) is 19.8 Å². The number of halogens is 1. The zero-order chi connectivity index (χ0) is 16.8. The minimum atomic E-state index is 0.305. The molecule has 1 saturated heterocycles. The summed E-state index contributed by atoms with van der Waals surface area (Å²) in [6, 6.07) is 2.39. The van der Waals surface area contributed by atoms with Gasteiger partial charge < -0.3 is 9.80 Å². The largest absolute Gasteiger partial charge is 0.356 e. The van der Waals surface area contributed by atoms with Gasteiger partial charge in [-0.2, -0.15) is 0 Å². The minimum Gasteiger partial charge on any atom is -0.356 e. The van der Waals surface area contributed by atoms with Crippen molar-refractivity contribution in [2.45, 2.75) is 57.4 Å². The topological polar surface area (TPSA) is 49.3 Å². The molecule has 1 aromatic rings. The Bertz CT molecular complexity index is 536. The fourth-order valence-corrected chi connectivity index (χ4v) is 4.22. The van der Waals surface area contributed by atoms with Gasteiger partial charge in [0.25, 0.3) is 0 Å². The standard InChI is InChI=1S/C18H27ClN4O/c19-18-20-10-8-17(21-18)22-11-4-5-15(13-22)9-12-23(14-24)16-6-2-1-3-7-16/h8,10,14-16H,1-7,9,11-13H2. The summed E-state index contributed by atoms with van der Waals surface area (Å²) in [5.41, 5.74) is 0. The summed E-state index contributed by atoms with van der Waals surface area (Å²) in [5.74, 6) is 1.53. The molecule has 3 rings (SSSR count). The van der Waals surface area contributed by atoms with Crippen LogP contribution in [0.15, 0.2) is 12.3 Å². The molecular formula is C18H27ClN4O. The van der Waals surface area contributed by atoms with Crippen LogP contribution < -0.4 is 4.90 Å². The highest BCUT2D eigenvalue weighted by atomic mass is 35.5. The molecule has 1 saturated carbocycles. The Morgan fingerprint density at radius 3 is 2.83 bits per heavy atom. The molecule has 1 amide bonds. The third-order valence-corrected chi connectivity index (χ3v) is 5.61. The van der Waals surface area contributed by atoms with Crippen LogP contribution in [0.2, 0.25) is 5.28 Å². The first kappa shape index (κ1) is 17.5. The van der Waals surface area contributed by atoms with Gasteiger partial charge in [0, 0.05) is 31.9 Å². The monoisotopic (exact) mass is 350 g/mol. The SMILES string of the molecule is O=CN(CCC1CCCN(c2ccnc(Cl)n2)C1)C1CCCCC1. The van der Waals surface area contributed by atoms with E-state index in [-0.39, 0.29) is 0 Å². The number of hydrogen-bond acceptors (Lipinski definition) is 4. The summed E-state index contributed by atoms with van der Waals surface area (Å²) in [7, 11) is 0. The second-order valence-corrected chi connectivity index (χ2v) is 7.40. The molecule has 132 valence electrons. The van der Waals surface area contributed by atoms with Crippen LogP contribution in [-0.4, -0.2) is 47.0 Å². The van der Waals surface area contributed by atoms with Gasteiger partial charge in [-0.1, -0.05) is 19.3 Å². The third kappa shape index (κ3) is 4.59. The van der Waals surface area contributed by atoms with Crippen molar-refractivity contribution in [1.29, 1.82) is 0 Å². The highest BCUT2D eigenvalue weighted by Crippen LogP contribution is 2.26. The van der Waals surface area contributed by atoms with Crippen molar-refractivity contribution in [2.24, 2.45) is 5.92 Å². The molecule has 1 aliphatic carbocycles. The maximum absolute atomic E-state index is 11.5. The molecule has 24 heavy (non-hydrogen) atoms. The average molecular weight is 351 g/mol. The Kier molecular flexibility index (Phi) is 6.30. The van der Waals surface area contributed by atoms with Gasteiger partial charge in [0.2, 0.25) is 11.7 Å². The molecule has 2 aliphatic rings. The summed E-state index contributed by atoms with van der Waals surface area (Å²) in [5, 5.41) is 0.305. The van der Waals surface area contributed by atoms with Crippen molar-refractivity contribution < 1.29 is 4.79 Å². The van der Waals surface area contributed by atoms with Crippen molar-refractivity contribution in [1.82, 2.24) is 14.9 Å². The van der Waals surface area contributed by atoms with E-state index in [1.165, 1.54) is 38.5 Å². The van der Waals surface area contributed by atoms with Crippen molar-refractivity contribution in [3.63, 3.8) is 0 Å². The number of amides is 1. The Morgan fingerprint density at radius 2 is 2.08 bits per heavy atom. The van der Waals surface area contributed by atoms with Crippen LogP contribution in [0.25, 0.3) is 0 Å². The van der Waals surface area contributed by atoms with Crippen LogP contribution in [0.3, 0.4) is 0 Å². The van der Waals surface area contributed by atoms with Gasteiger partial charge in [0.05, 0.1) is 0 Å². The number of aromatic nitrogens is 2. The lowest BCUT2D eigenvalue weighted by Crippen LogP contribution is -2.40. The van der Waals surface area contributed by atoms with Crippen molar-refractivity contribution in [3.05, 3.63) is 17.5 Å². The van der Waals surface area contributed by atoms with E-state index < -0.39 is 0 Å². The minimum absolute atomic E-state index is 0.305. The number of nitrogens with zero attached hydrogens (tertiary/aromatic N) is 4. The lowest BCUT2D eigenvalue weighted by molar-refractivity contribution is -0.121. The summed E-state index contributed by atoms with van der Waals surface area (Å²) in [6.07, 6.45) is 12.5. The molecule has 0 spiro atoms. The molecule has 2 heterocycles. The second kappa shape index (κ2) is 8.65. The molecule has 2 fully saturated rings. The normalized spacial score (nSPS) is 22.4. The van der Waals surface area contributed by atoms with E-state index >= 15 is 0 Å². The molecule has 0 radical (unpaired) electrons. The average Bonchev–Trinajstić information content (AvgIpc) is 2.63. The number of hydrogen-bond donors (Lipinski definition) is 0. The van der Waals surface area contributed by atoms with Crippen LogP contribution in [0, 0.1) is 5.92 Å². The zero-order valence-electron chi connectivity index (χ0n) is 14.2. The third-order valence-electron chi connectivity index (χ3n) is 5.43. The van der Waals surface area contributed by atoms with Gasteiger partial charge in [-0.15, -0.1) is 0 Å². The van der Waals surface area contributed by atoms with Gasteiger partial charge in [-0.05, 0) is 55.7 Å². The lowest BCUT2D eigenvalue weighted by Gasteiger charge is -2.36. The highest BCUT2D eigenvalue weighted by molar-refractivity contribution is 6.28. The zero-order valence-corrected chi connectivity index (χ0v) is 15.0. The maximum Gasteiger partial charge on any atom is 0.224 e. The summed E-state index contributed by atoms with van der Waals surface area (Å²) < 4.78 is 0. The van der Waals surface area contributed by atoms with Crippen molar-refractivity contribution >= 4 is 23.8 Å². The Hall–Kier alpha value is -1.36. The summed E-state index contributed by atoms with van der Waals surface area (Å²) in [4.78, 5) is 24.1. The quantitative estimate of drug-likeness (QED) is 0.581. The first-order valence-electron chi connectivity index (χ1n) is 9.21. The molecule has 0 bridgehead atoms. The number of carbonyl (C=O) groups excluding carboxylic acids is 1. The number of carbonyl (C=O) groups is 1. The van der Waals surface area contributed by atoms with E-state index in [1.54, 1.807) is 6.20 Å². The fraction of sp³-hybridized carbons (Fsp3) is 0.722. The summed E-state index contributed by atoms with van der Waals surface area (Å²) >= 11 is 5.91. The summed E-state index contributed by atoms with van der Waals surface area (Å²) in [6.45, 7) is 2.89. The number of anilines is 1. The van der Waals surface area contributed by atoms with Crippen molar-refractivity contribution in [2.75, 3.05) is 24.5 Å². The molecular weight excluding hydrogens is 324 g/mol. The van der Waals surface area contributed by atoms with Crippen LogP contribution in [0.4, 0.5) is 5.82 Å². The fourth-order valence-electron chi connectivity index (χ4n) is 4.08. The smallest absolute Gasteiger partial charge is 0.224 e. The number of piperidine rings is 1. The van der Waals surface area contributed by atoms with Gasteiger partial charge in [-0.3, -0.25) is 4.79 Å². The maximum atomic E-state index is 11.5. The predicted octanol–water partition coefficient (Wildman–Crippen LogP) is 3.53. The predicted molar refractivity (Wildman–Crippen MR) is 96.2 cm³/mol. The van der Waals surface area contributed by atoms with E-state index in [1.807, 2.05) is 6.07 Å². The molecule has 5 nitrogen and oxygen atoms in total. The second-order valence-electron chi connectivity index (χ2n) is 7.06. The van der Waals surface area contributed by atoms with E-state index in [4.69, 9.17) is 11.6 Å². The van der Waals surface area contributed by atoms with Gasteiger partial charge in [0.15, 0.2) is 0 Å². The Balaban J connectivity index is 1.52. The van der Waals surface area contributed by atoms with Gasteiger partial charge in [0.1, 0.15) is 5.82 Å². The Labute approximate surface area is 149 Å². The molecule has 1 unspecified atom stereocenters. The molecule has 0 aromatic carbocycles. The van der Waals surface area contributed by atoms with Gasteiger partial charge >= 0.3 is 0 Å². The van der Waals surface area contributed by atoms with Crippen LogP contribution in [0.5, 0.6) is 0 Å². The first-order chi connectivity index (χ1) is 11.8.